The molecule has 2 heterocycles. The largest absolute Gasteiger partial charge is 0.495 e. The first-order chi connectivity index (χ1) is 17.3. The minimum absolute atomic E-state index is 0.0813. The van der Waals surface area contributed by atoms with Gasteiger partial charge >= 0.3 is 0 Å². The summed E-state index contributed by atoms with van der Waals surface area (Å²) in [6, 6.07) is 16.5. The molecule has 3 aromatic rings. The van der Waals surface area contributed by atoms with E-state index >= 15 is 0 Å². The van der Waals surface area contributed by atoms with Crippen LogP contribution in [0.15, 0.2) is 71.5 Å². The van der Waals surface area contributed by atoms with Gasteiger partial charge < -0.3 is 29.7 Å². The Bertz CT molecular complexity index is 1270. The number of aliphatic hydroxyl groups is 3. The number of amides is 1. The van der Waals surface area contributed by atoms with E-state index in [-0.39, 0.29) is 30.2 Å². The number of aliphatic hydroxyl groups excluding tert-OH is 2. The van der Waals surface area contributed by atoms with E-state index in [1.165, 1.54) is 24.4 Å². The van der Waals surface area contributed by atoms with Crippen LogP contribution in [0.4, 0.5) is 0 Å². The minimum atomic E-state index is -2.06. The van der Waals surface area contributed by atoms with Gasteiger partial charge in [-0.3, -0.25) is 9.78 Å². The molecule has 2 aromatic carbocycles. The summed E-state index contributed by atoms with van der Waals surface area (Å²) in [6.07, 6.45) is 1.37. The van der Waals surface area contributed by atoms with Gasteiger partial charge in [-0.2, -0.15) is 0 Å². The van der Waals surface area contributed by atoms with Crippen LogP contribution in [0.5, 0.6) is 11.5 Å². The van der Waals surface area contributed by atoms with Gasteiger partial charge in [-0.1, -0.05) is 58.4 Å². The van der Waals surface area contributed by atoms with Crippen molar-refractivity contribution in [1.29, 1.82) is 0 Å². The number of rotatable bonds is 6. The van der Waals surface area contributed by atoms with Crippen molar-refractivity contribution < 1.29 is 29.6 Å². The zero-order chi connectivity index (χ0) is 25.7. The van der Waals surface area contributed by atoms with E-state index in [1.807, 2.05) is 54.6 Å². The van der Waals surface area contributed by atoms with Crippen molar-refractivity contribution in [2.45, 2.75) is 23.2 Å². The Labute approximate surface area is 217 Å². The lowest BCUT2D eigenvalue weighted by atomic mass is 9.70. The summed E-state index contributed by atoms with van der Waals surface area (Å²) in [7, 11) is 3.02. The molecule has 5 atom stereocenters. The summed E-state index contributed by atoms with van der Waals surface area (Å²) in [5, 5.41) is 34.1. The number of hydrogen-bond donors (Lipinski definition) is 3. The van der Waals surface area contributed by atoms with Crippen LogP contribution in [0.25, 0.3) is 0 Å². The molecule has 1 fully saturated rings. The predicted molar refractivity (Wildman–Crippen MR) is 135 cm³/mol. The molecule has 1 unspecified atom stereocenters. The Kier molecular flexibility index (Phi) is 6.28. The highest BCUT2D eigenvalue weighted by atomic mass is 79.9. The van der Waals surface area contributed by atoms with Gasteiger partial charge in [0.1, 0.15) is 17.6 Å². The maximum Gasteiger partial charge on any atom is 0.229 e. The quantitative estimate of drug-likeness (QED) is 0.429. The first-order valence-electron chi connectivity index (χ1n) is 11.6. The number of carbonyl (C=O) groups excluding carboxylic acids is 1. The standard InChI is InChI=1S/C27H27BrN2O6/c1-30(12-13-31)25(33)21-22(16-6-4-3-5-7-16)27(17-8-10-18(28)11-9-17)26(34,24(21)32)23-19(35-2)14-29-15-20(23)36-27/h3-11,14-15,21-22,24,31-32,34H,12-13H2,1-2H3/t21-,22?,24-,26+,27+/m1/s1. The molecule has 2 aliphatic rings. The zero-order valence-corrected chi connectivity index (χ0v) is 21.4. The lowest BCUT2D eigenvalue weighted by Gasteiger charge is -2.40. The number of carbonyl (C=O) groups is 1. The third kappa shape index (κ3) is 3.30. The van der Waals surface area contributed by atoms with Gasteiger partial charge in [-0.25, -0.2) is 0 Å². The maximum atomic E-state index is 13.8. The second-order valence-corrected chi connectivity index (χ2v) is 10.1. The topological polar surface area (TPSA) is 112 Å². The van der Waals surface area contributed by atoms with E-state index in [1.54, 1.807) is 7.05 Å². The Hall–Kier alpha value is -2.98. The fraction of sp³-hybridized carbons (Fsp3) is 0.333. The summed E-state index contributed by atoms with van der Waals surface area (Å²) < 4.78 is 13.0. The summed E-state index contributed by atoms with van der Waals surface area (Å²) >= 11 is 3.47. The van der Waals surface area contributed by atoms with Crippen LogP contribution < -0.4 is 9.47 Å². The molecule has 3 N–H and O–H groups in total. The first-order valence-corrected chi connectivity index (χ1v) is 12.4. The Morgan fingerprint density at radius 1 is 1.17 bits per heavy atom. The average molecular weight is 555 g/mol. The van der Waals surface area contributed by atoms with Crippen LogP contribution in [-0.4, -0.2) is 64.5 Å². The van der Waals surface area contributed by atoms with Gasteiger partial charge in [0, 0.05) is 24.0 Å². The SMILES string of the molecule is COc1cncc2c1[C@]1(O)[C@H](O)[C@H](C(=O)N(C)CCO)C(c3ccccc3)[C@]1(c1ccc(Br)cc1)O2. The number of pyridine rings is 1. The monoisotopic (exact) mass is 554 g/mol. The fourth-order valence-corrected chi connectivity index (χ4v) is 6.15. The summed E-state index contributed by atoms with van der Waals surface area (Å²) in [5.74, 6) is -1.79. The van der Waals surface area contributed by atoms with Crippen molar-refractivity contribution in [3.63, 3.8) is 0 Å². The number of methoxy groups -OCH3 is 1. The first kappa shape index (κ1) is 24.7. The van der Waals surface area contributed by atoms with E-state index < -0.39 is 35.0 Å². The van der Waals surface area contributed by atoms with Crippen LogP contribution in [0.3, 0.4) is 0 Å². The van der Waals surface area contributed by atoms with E-state index in [0.717, 1.165) is 4.47 Å². The van der Waals surface area contributed by atoms with Crippen LogP contribution in [0, 0.1) is 5.92 Å². The molecule has 0 bridgehead atoms. The number of halogens is 1. The van der Waals surface area contributed by atoms with Gasteiger partial charge in [-0.05, 0) is 23.3 Å². The highest BCUT2D eigenvalue weighted by Gasteiger charge is 2.78. The molecule has 1 saturated carbocycles. The number of nitrogens with zero attached hydrogens (tertiary/aromatic N) is 2. The molecule has 1 aromatic heterocycles. The van der Waals surface area contributed by atoms with Crippen molar-refractivity contribution in [3.8, 4) is 11.5 Å². The van der Waals surface area contributed by atoms with Crippen molar-refractivity contribution >= 4 is 21.8 Å². The average Bonchev–Trinajstić information content (AvgIpc) is 3.27. The Balaban J connectivity index is 1.85. The van der Waals surface area contributed by atoms with Crippen LogP contribution in [0.2, 0.25) is 0 Å². The zero-order valence-electron chi connectivity index (χ0n) is 19.8. The number of fused-ring (bicyclic) bond motifs is 3. The van der Waals surface area contributed by atoms with Gasteiger partial charge in [0.2, 0.25) is 5.91 Å². The molecule has 9 heteroatoms. The number of hydrogen-bond acceptors (Lipinski definition) is 7. The molecular weight excluding hydrogens is 528 g/mol. The van der Waals surface area contributed by atoms with Crippen molar-refractivity contribution in [1.82, 2.24) is 9.88 Å². The molecular formula is C27H27BrN2O6. The second kappa shape index (κ2) is 9.15. The smallest absolute Gasteiger partial charge is 0.229 e. The highest BCUT2D eigenvalue weighted by Crippen LogP contribution is 2.69. The fourth-order valence-electron chi connectivity index (χ4n) is 5.88. The summed E-state index contributed by atoms with van der Waals surface area (Å²) in [6.45, 7) is -0.153. The summed E-state index contributed by atoms with van der Waals surface area (Å²) in [4.78, 5) is 19.4. The van der Waals surface area contributed by atoms with Crippen molar-refractivity contribution in [2.24, 2.45) is 5.92 Å². The lowest BCUT2D eigenvalue weighted by Crippen LogP contribution is -2.52. The van der Waals surface area contributed by atoms with E-state index in [2.05, 4.69) is 20.9 Å². The number of ether oxygens (including phenoxy) is 2. The third-order valence-corrected chi connectivity index (χ3v) is 7.94. The second-order valence-electron chi connectivity index (χ2n) is 9.17. The molecule has 188 valence electrons. The van der Waals surface area contributed by atoms with Gasteiger partial charge in [0.15, 0.2) is 11.2 Å². The maximum absolute atomic E-state index is 13.8. The van der Waals surface area contributed by atoms with E-state index in [4.69, 9.17) is 9.47 Å². The van der Waals surface area contributed by atoms with E-state index in [0.29, 0.717) is 11.1 Å². The molecule has 5 rings (SSSR count). The van der Waals surface area contributed by atoms with E-state index in [9.17, 15) is 20.1 Å². The summed E-state index contributed by atoms with van der Waals surface area (Å²) in [5.41, 5.74) is -2.11. The number of likely N-dealkylation sites (N-methyl/N-ethyl adjacent to an activating group) is 1. The molecule has 1 amide bonds. The normalized spacial score (nSPS) is 28.2. The van der Waals surface area contributed by atoms with Crippen LogP contribution in [0.1, 0.15) is 22.6 Å². The van der Waals surface area contributed by atoms with Crippen molar-refractivity contribution in [3.05, 3.63) is 88.2 Å². The molecule has 0 saturated heterocycles. The van der Waals surface area contributed by atoms with Gasteiger partial charge in [0.05, 0.1) is 37.6 Å². The molecule has 0 spiro atoms. The van der Waals surface area contributed by atoms with Crippen LogP contribution >= 0.6 is 15.9 Å². The third-order valence-electron chi connectivity index (χ3n) is 7.41. The Morgan fingerprint density at radius 2 is 1.86 bits per heavy atom. The van der Waals surface area contributed by atoms with Crippen molar-refractivity contribution in [2.75, 3.05) is 27.3 Å². The van der Waals surface area contributed by atoms with Gasteiger partial charge in [0.25, 0.3) is 0 Å². The molecule has 0 radical (unpaired) electrons. The molecule has 1 aliphatic heterocycles. The molecule has 1 aliphatic carbocycles. The Morgan fingerprint density at radius 3 is 2.50 bits per heavy atom. The number of benzene rings is 2. The highest BCUT2D eigenvalue weighted by molar-refractivity contribution is 9.10. The predicted octanol–water partition coefficient (Wildman–Crippen LogP) is 2.55. The van der Waals surface area contributed by atoms with Crippen LogP contribution in [-0.2, 0) is 16.0 Å². The molecule has 8 nitrogen and oxygen atoms in total. The lowest BCUT2D eigenvalue weighted by molar-refractivity contribution is -0.156. The number of aromatic nitrogens is 1. The minimum Gasteiger partial charge on any atom is -0.495 e. The van der Waals surface area contributed by atoms with Gasteiger partial charge in [-0.15, -0.1) is 0 Å². The molecule has 36 heavy (non-hydrogen) atoms.